The summed E-state index contributed by atoms with van der Waals surface area (Å²) in [6, 6.07) is 30.1. The third-order valence-electron chi connectivity index (χ3n) is 11.6. The lowest BCUT2D eigenvalue weighted by Crippen LogP contribution is -2.55. The lowest BCUT2D eigenvalue weighted by Gasteiger charge is -2.35. The van der Waals surface area contributed by atoms with Gasteiger partial charge >= 0.3 is 11.9 Å². The van der Waals surface area contributed by atoms with Crippen LogP contribution in [0.1, 0.15) is 72.9 Å². The molecule has 4 amide bonds. The lowest BCUT2D eigenvalue weighted by atomic mass is 9.75. The summed E-state index contributed by atoms with van der Waals surface area (Å²) < 4.78 is 6.17. The first kappa shape index (κ1) is 40.1. The molecule has 14 nitrogen and oxygen atoms in total. The van der Waals surface area contributed by atoms with Gasteiger partial charge in [0.1, 0.15) is 0 Å². The van der Waals surface area contributed by atoms with Gasteiger partial charge in [-0.25, -0.2) is 4.98 Å². The van der Waals surface area contributed by atoms with Crippen LogP contribution in [0.25, 0.3) is 22.8 Å². The molecule has 59 heavy (non-hydrogen) atoms. The van der Waals surface area contributed by atoms with Gasteiger partial charge in [0.25, 0.3) is 0 Å². The van der Waals surface area contributed by atoms with E-state index in [0.29, 0.717) is 56.0 Å². The number of likely N-dealkylation sites (tertiary alicyclic amines) is 2. The number of hydrogen-bond donors (Lipinski definition) is 4. The molecule has 2 fully saturated rings. The van der Waals surface area contributed by atoms with Crippen molar-refractivity contribution in [3.8, 4) is 22.8 Å². The molecule has 6 N–H and O–H groups in total. The van der Waals surface area contributed by atoms with Crippen molar-refractivity contribution in [3.63, 3.8) is 0 Å². The van der Waals surface area contributed by atoms with E-state index in [1.165, 1.54) is 0 Å². The Morgan fingerprint density at radius 2 is 1.02 bits per heavy atom. The summed E-state index contributed by atoms with van der Waals surface area (Å²) in [5.41, 5.74) is 11.0. The molecule has 0 bridgehead atoms. The molecule has 7 rings (SSSR count). The van der Waals surface area contributed by atoms with Gasteiger partial charge in [-0.1, -0.05) is 97.1 Å². The highest BCUT2D eigenvalue weighted by molar-refractivity contribution is 6.13. The quantitative estimate of drug-likeness (QED) is 0.108. The van der Waals surface area contributed by atoms with E-state index in [-0.39, 0.29) is 11.1 Å². The number of carboxylic acid groups (broad SMARTS) is 2. The van der Waals surface area contributed by atoms with Crippen molar-refractivity contribution in [2.75, 3.05) is 13.1 Å². The SMILES string of the molecule is NC(=O)[C@](CC(=O)O)(C(=O)N1CCC[C@H]1c1ccc(-c2cnc(-c3ccc([C@@H]4CCCN4C(=O)[C@@](CC(=O)O)(C(N)=O)c4ccccc4)cc3)o2)cc1)c1ccccc1. The molecular formula is C45H43N5O9. The van der Waals surface area contributed by atoms with E-state index in [1.807, 2.05) is 48.5 Å². The predicted molar refractivity (Wildman–Crippen MR) is 214 cm³/mol. The summed E-state index contributed by atoms with van der Waals surface area (Å²) in [6.07, 6.45) is 2.57. The second-order valence-electron chi connectivity index (χ2n) is 15.0. The number of hydrogen-bond acceptors (Lipinski definition) is 8. The first-order valence-corrected chi connectivity index (χ1v) is 19.3. The number of benzene rings is 4. The zero-order valence-corrected chi connectivity index (χ0v) is 32.0. The van der Waals surface area contributed by atoms with Gasteiger partial charge in [0.2, 0.25) is 29.5 Å². The third kappa shape index (κ3) is 7.44. The second kappa shape index (κ2) is 16.4. The van der Waals surface area contributed by atoms with Crippen LogP contribution >= 0.6 is 0 Å². The number of oxazole rings is 1. The van der Waals surface area contributed by atoms with E-state index in [1.54, 1.807) is 76.7 Å². The molecule has 0 unspecified atom stereocenters. The summed E-state index contributed by atoms with van der Waals surface area (Å²) in [6.45, 7) is 0.662. The number of carboxylic acids is 2. The molecule has 302 valence electrons. The molecule has 14 heteroatoms. The van der Waals surface area contributed by atoms with Crippen molar-refractivity contribution >= 4 is 35.6 Å². The fourth-order valence-electron chi connectivity index (χ4n) is 8.63. The van der Waals surface area contributed by atoms with E-state index < -0.39 is 71.3 Å². The minimum atomic E-state index is -2.07. The molecule has 0 spiro atoms. The highest BCUT2D eigenvalue weighted by Gasteiger charge is 2.53. The Labute approximate surface area is 339 Å². The largest absolute Gasteiger partial charge is 0.481 e. The Bertz CT molecular complexity index is 2220. The second-order valence-corrected chi connectivity index (χ2v) is 15.0. The first-order valence-electron chi connectivity index (χ1n) is 19.3. The number of rotatable bonds is 14. The Kier molecular flexibility index (Phi) is 11.2. The monoisotopic (exact) mass is 797 g/mol. The maximum atomic E-state index is 14.2. The third-order valence-corrected chi connectivity index (χ3v) is 11.6. The smallest absolute Gasteiger partial charge is 0.305 e. The zero-order chi connectivity index (χ0) is 41.9. The molecule has 4 atom stereocenters. The van der Waals surface area contributed by atoms with Crippen LogP contribution < -0.4 is 11.5 Å². The average molecular weight is 798 g/mol. The number of amides is 4. The number of carbonyl (C=O) groups is 6. The fourth-order valence-corrected chi connectivity index (χ4v) is 8.63. The molecule has 0 radical (unpaired) electrons. The Morgan fingerprint density at radius 1 is 0.610 bits per heavy atom. The van der Waals surface area contributed by atoms with Crippen LogP contribution in [0, 0.1) is 0 Å². The molecule has 2 saturated heterocycles. The summed E-state index contributed by atoms with van der Waals surface area (Å²) >= 11 is 0. The lowest BCUT2D eigenvalue weighted by molar-refractivity contribution is -0.151. The Balaban J connectivity index is 1.08. The zero-order valence-electron chi connectivity index (χ0n) is 32.0. The van der Waals surface area contributed by atoms with Crippen molar-refractivity contribution in [2.24, 2.45) is 11.5 Å². The van der Waals surface area contributed by atoms with Gasteiger partial charge < -0.3 is 35.9 Å². The van der Waals surface area contributed by atoms with Gasteiger partial charge in [0, 0.05) is 24.2 Å². The van der Waals surface area contributed by atoms with Crippen LogP contribution in [0.5, 0.6) is 0 Å². The van der Waals surface area contributed by atoms with Crippen molar-refractivity contribution in [2.45, 2.75) is 61.4 Å². The standard InChI is InChI=1S/C45H43N5O9/c46-40(55)44(25-37(51)52,32-9-3-1-4-10-32)42(57)49-23-7-13-34(49)28-15-19-30(20-16-28)36-27-48-39(59-36)31-21-17-29(18-22-31)35-14-8-24-50(35)43(58)45(41(47)56,26-38(53)54)33-11-5-2-6-12-33/h1-6,9-12,15-22,27,34-35H,7-8,13-14,23-26H2,(H2,46,55)(H2,47,56)(H,51,52)(H,53,54)/t34-,35-,44+,45+/m0/s1. The first-order chi connectivity index (χ1) is 28.4. The predicted octanol–water partition coefficient (Wildman–Crippen LogP) is 5.13. The van der Waals surface area contributed by atoms with Crippen molar-refractivity contribution < 1.29 is 43.4 Å². The molecule has 4 aromatic carbocycles. The summed E-state index contributed by atoms with van der Waals surface area (Å²) in [5, 5.41) is 19.6. The highest BCUT2D eigenvalue weighted by atomic mass is 16.4. The van der Waals surface area contributed by atoms with Crippen LogP contribution in [0.3, 0.4) is 0 Å². The molecule has 2 aliphatic heterocycles. The van der Waals surface area contributed by atoms with Crippen LogP contribution in [0.2, 0.25) is 0 Å². The summed E-state index contributed by atoms with van der Waals surface area (Å²) in [4.78, 5) is 86.1. The minimum Gasteiger partial charge on any atom is -0.481 e. The van der Waals surface area contributed by atoms with Gasteiger partial charge in [-0.05, 0) is 60.1 Å². The summed E-state index contributed by atoms with van der Waals surface area (Å²) in [5.74, 6) is -5.14. The number of aliphatic carboxylic acids is 2. The van der Waals surface area contributed by atoms with Crippen LogP contribution in [0.4, 0.5) is 0 Å². The molecule has 5 aromatic rings. The van der Waals surface area contributed by atoms with Gasteiger partial charge in [-0.2, -0.15) is 0 Å². The fraction of sp³-hybridized carbons (Fsp3) is 0.267. The van der Waals surface area contributed by atoms with E-state index in [0.717, 1.165) is 16.7 Å². The van der Waals surface area contributed by atoms with Crippen molar-refractivity contribution in [1.82, 2.24) is 14.8 Å². The molecule has 0 aliphatic carbocycles. The number of aromatic nitrogens is 1. The van der Waals surface area contributed by atoms with Gasteiger partial charge in [-0.3, -0.25) is 28.8 Å². The van der Waals surface area contributed by atoms with E-state index in [4.69, 9.17) is 15.9 Å². The molecular weight excluding hydrogens is 755 g/mol. The normalized spacial score (nSPS) is 18.4. The van der Waals surface area contributed by atoms with Gasteiger partial charge in [0.05, 0.1) is 31.1 Å². The van der Waals surface area contributed by atoms with E-state index in [9.17, 15) is 39.0 Å². The number of nitrogens with zero attached hydrogens (tertiary/aromatic N) is 3. The van der Waals surface area contributed by atoms with E-state index >= 15 is 0 Å². The number of nitrogens with two attached hydrogens (primary N) is 2. The van der Waals surface area contributed by atoms with Gasteiger partial charge in [0.15, 0.2) is 16.6 Å². The van der Waals surface area contributed by atoms with Crippen LogP contribution in [-0.4, -0.2) is 73.7 Å². The molecule has 2 aliphatic rings. The maximum Gasteiger partial charge on any atom is 0.305 e. The number of carbonyl (C=O) groups excluding carboxylic acids is 4. The molecule has 3 heterocycles. The van der Waals surface area contributed by atoms with Crippen LogP contribution in [-0.2, 0) is 39.6 Å². The van der Waals surface area contributed by atoms with Gasteiger partial charge in [-0.15, -0.1) is 0 Å². The Morgan fingerprint density at radius 3 is 1.41 bits per heavy atom. The minimum absolute atomic E-state index is 0.230. The Hall–Kier alpha value is -7.09. The molecule has 0 saturated carbocycles. The van der Waals surface area contributed by atoms with Crippen molar-refractivity contribution in [3.05, 3.63) is 138 Å². The molecule has 1 aromatic heterocycles. The van der Waals surface area contributed by atoms with E-state index in [2.05, 4.69) is 4.98 Å². The highest BCUT2D eigenvalue weighted by Crippen LogP contribution is 2.41. The maximum absolute atomic E-state index is 14.2. The van der Waals surface area contributed by atoms with Crippen LogP contribution in [0.15, 0.2) is 120 Å². The number of primary amides is 2. The van der Waals surface area contributed by atoms with Crippen molar-refractivity contribution in [1.29, 1.82) is 0 Å². The average Bonchev–Trinajstić information content (AvgIpc) is 4.04. The topological polar surface area (TPSA) is 227 Å². The summed E-state index contributed by atoms with van der Waals surface area (Å²) in [7, 11) is 0.